The van der Waals surface area contributed by atoms with Crippen LogP contribution in [0.25, 0.3) is 0 Å². The summed E-state index contributed by atoms with van der Waals surface area (Å²) in [4.78, 5) is 12.0. The van der Waals surface area contributed by atoms with E-state index in [-0.39, 0.29) is 6.04 Å². The molecule has 1 amide bonds. The second-order valence-corrected chi connectivity index (χ2v) is 7.46. The fourth-order valence-corrected chi connectivity index (χ4v) is 2.80. The normalized spacial score (nSPS) is 20.7. The van der Waals surface area contributed by atoms with Crippen LogP contribution in [0.5, 0.6) is 0 Å². The summed E-state index contributed by atoms with van der Waals surface area (Å²) in [5, 5.41) is 6.00. The van der Waals surface area contributed by atoms with Gasteiger partial charge in [-0.15, -0.1) is 0 Å². The third-order valence-corrected chi connectivity index (χ3v) is 5.20. The van der Waals surface area contributed by atoms with Gasteiger partial charge in [0.1, 0.15) is 5.25 Å². The van der Waals surface area contributed by atoms with E-state index in [1.807, 2.05) is 11.7 Å². The Morgan fingerprint density at radius 2 is 2.26 bits per heavy atom. The molecule has 0 saturated heterocycles. The topological polar surface area (TPSA) is 81.1 Å². The minimum Gasteiger partial charge on any atom is -0.348 e. The molecule has 0 bridgehead atoms. The maximum absolute atomic E-state index is 12.0. The van der Waals surface area contributed by atoms with Gasteiger partial charge in [-0.1, -0.05) is 0 Å². The Kier molecular flexibility index (Phi) is 3.66. The first-order valence-corrected chi connectivity index (χ1v) is 8.26. The zero-order chi connectivity index (χ0) is 14.2. The Morgan fingerprint density at radius 1 is 1.58 bits per heavy atom. The van der Waals surface area contributed by atoms with Crippen LogP contribution >= 0.6 is 0 Å². The van der Waals surface area contributed by atoms with Crippen molar-refractivity contribution in [2.75, 3.05) is 6.26 Å². The molecule has 106 valence electrons. The summed E-state index contributed by atoms with van der Waals surface area (Å²) in [7, 11) is -1.48. The van der Waals surface area contributed by atoms with Gasteiger partial charge in [-0.2, -0.15) is 5.10 Å². The molecule has 1 aliphatic carbocycles. The van der Waals surface area contributed by atoms with E-state index < -0.39 is 21.0 Å². The Bertz CT molecular complexity index is 591. The van der Waals surface area contributed by atoms with Gasteiger partial charge >= 0.3 is 0 Å². The zero-order valence-electron chi connectivity index (χ0n) is 11.4. The van der Waals surface area contributed by atoms with E-state index in [4.69, 9.17) is 0 Å². The number of nitrogens with one attached hydrogen (secondary N) is 1. The van der Waals surface area contributed by atoms with Crippen LogP contribution in [0.15, 0.2) is 6.20 Å². The van der Waals surface area contributed by atoms with Crippen molar-refractivity contribution in [1.82, 2.24) is 15.1 Å². The smallest absolute Gasteiger partial charge is 0.238 e. The molecule has 2 rings (SSSR count). The van der Waals surface area contributed by atoms with Crippen molar-refractivity contribution in [1.29, 1.82) is 0 Å². The molecule has 1 aromatic heterocycles. The monoisotopic (exact) mass is 285 g/mol. The van der Waals surface area contributed by atoms with Crippen LogP contribution in [0.1, 0.15) is 37.1 Å². The lowest BCUT2D eigenvalue weighted by atomic mass is 9.93. The third-order valence-electron chi connectivity index (χ3n) is 3.70. The molecule has 6 nitrogen and oxygen atoms in total. The highest BCUT2D eigenvalue weighted by Gasteiger charge is 2.29. The number of hydrogen-bond acceptors (Lipinski definition) is 4. The highest BCUT2D eigenvalue weighted by atomic mass is 32.2. The number of nitrogens with zero attached hydrogens (tertiary/aromatic N) is 2. The predicted molar refractivity (Wildman–Crippen MR) is 71.3 cm³/mol. The van der Waals surface area contributed by atoms with E-state index in [1.165, 1.54) is 6.92 Å². The lowest BCUT2D eigenvalue weighted by Crippen LogP contribution is -2.40. The van der Waals surface area contributed by atoms with E-state index in [0.717, 1.165) is 36.8 Å². The summed E-state index contributed by atoms with van der Waals surface area (Å²) in [6, 6.07) is -0.130. The number of fused-ring (bicyclic) bond motifs is 1. The van der Waals surface area contributed by atoms with Crippen LogP contribution in [-0.4, -0.2) is 35.6 Å². The Hall–Kier alpha value is -1.37. The number of carbonyl (C=O) groups is 1. The molecule has 1 heterocycles. The van der Waals surface area contributed by atoms with Crippen molar-refractivity contribution in [2.24, 2.45) is 7.05 Å². The molecule has 1 aliphatic rings. The highest BCUT2D eigenvalue weighted by molar-refractivity contribution is 7.92. The van der Waals surface area contributed by atoms with Crippen molar-refractivity contribution in [3.63, 3.8) is 0 Å². The zero-order valence-corrected chi connectivity index (χ0v) is 12.2. The fraction of sp³-hybridized carbons (Fsp3) is 0.667. The van der Waals surface area contributed by atoms with Gasteiger partial charge in [0.25, 0.3) is 0 Å². The molecule has 0 aliphatic heterocycles. The van der Waals surface area contributed by atoms with Gasteiger partial charge in [-0.3, -0.25) is 9.48 Å². The van der Waals surface area contributed by atoms with Gasteiger partial charge in [0, 0.05) is 24.6 Å². The van der Waals surface area contributed by atoms with Crippen molar-refractivity contribution < 1.29 is 13.2 Å². The molecular formula is C12H19N3O3S. The van der Waals surface area contributed by atoms with Gasteiger partial charge in [0.15, 0.2) is 9.84 Å². The van der Waals surface area contributed by atoms with Gasteiger partial charge in [0.2, 0.25) is 5.91 Å². The van der Waals surface area contributed by atoms with E-state index in [9.17, 15) is 13.2 Å². The molecule has 0 radical (unpaired) electrons. The Labute approximate surface area is 113 Å². The average Bonchev–Trinajstić information content (AvgIpc) is 2.70. The number of sulfone groups is 1. The van der Waals surface area contributed by atoms with Crippen LogP contribution < -0.4 is 5.32 Å². The summed E-state index contributed by atoms with van der Waals surface area (Å²) in [6.45, 7) is 1.41. The Balaban J connectivity index is 2.15. The molecule has 2 unspecified atom stereocenters. The van der Waals surface area contributed by atoms with Gasteiger partial charge in [-0.25, -0.2) is 8.42 Å². The summed E-state index contributed by atoms with van der Waals surface area (Å²) in [5.41, 5.74) is 2.12. The Morgan fingerprint density at radius 3 is 2.89 bits per heavy atom. The molecule has 0 saturated carbocycles. The quantitative estimate of drug-likeness (QED) is 0.868. The van der Waals surface area contributed by atoms with E-state index in [2.05, 4.69) is 10.4 Å². The first-order chi connectivity index (χ1) is 8.80. The number of rotatable bonds is 3. The maximum Gasteiger partial charge on any atom is 0.238 e. The second kappa shape index (κ2) is 4.96. The van der Waals surface area contributed by atoms with Crippen molar-refractivity contribution in [3.05, 3.63) is 17.5 Å². The van der Waals surface area contributed by atoms with Crippen LogP contribution in [0.4, 0.5) is 0 Å². The van der Waals surface area contributed by atoms with E-state index >= 15 is 0 Å². The second-order valence-electron chi connectivity index (χ2n) is 5.10. The number of amides is 1. The molecule has 0 spiro atoms. The fourth-order valence-electron chi connectivity index (χ4n) is 2.34. The van der Waals surface area contributed by atoms with Crippen molar-refractivity contribution in [2.45, 2.75) is 37.5 Å². The molecule has 0 aromatic carbocycles. The number of carbonyl (C=O) groups excluding carboxylic acids is 1. The van der Waals surface area contributed by atoms with Crippen molar-refractivity contribution >= 4 is 15.7 Å². The van der Waals surface area contributed by atoms with Gasteiger partial charge < -0.3 is 5.32 Å². The van der Waals surface area contributed by atoms with Crippen molar-refractivity contribution in [3.8, 4) is 0 Å². The molecule has 19 heavy (non-hydrogen) atoms. The lowest BCUT2D eigenvalue weighted by Gasteiger charge is -2.24. The summed E-state index contributed by atoms with van der Waals surface area (Å²) >= 11 is 0. The first-order valence-electron chi connectivity index (χ1n) is 6.30. The molecule has 1 N–H and O–H groups in total. The molecule has 2 atom stereocenters. The minimum atomic E-state index is -3.36. The van der Waals surface area contributed by atoms with Gasteiger partial charge in [0.05, 0.1) is 12.2 Å². The lowest BCUT2D eigenvalue weighted by molar-refractivity contribution is -0.121. The summed E-state index contributed by atoms with van der Waals surface area (Å²) in [5.74, 6) is -0.441. The standard InChI is InChI=1S/C12H19N3O3S/c1-8(19(3,17)18)12(16)14-10-5-4-6-11-9(10)7-13-15(11)2/h7-8,10H,4-6H2,1-3H3,(H,14,16). The SMILES string of the molecule is CC(C(=O)NC1CCCc2c1cnn2C)S(C)(=O)=O. The molecule has 7 heteroatoms. The highest BCUT2D eigenvalue weighted by Crippen LogP contribution is 2.29. The number of hydrogen-bond donors (Lipinski definition) is 1. The minimum absolute atomic E-state index is 0.130. The van der Waals surface area contributed by atoms with E-state index in [0.29, 0.717) is 0 Å². The largest absolute Gasteiger partial charge is 0.348 e. The molecule has 1 aromatic rings. The third kappa shape index (κ3) is 2.80. The first kappa shape index (κ1) is 14.0. The predicted octanol–water partition coefficient (Wildman–Crippen LogP) is 0.347. The van der Waals surface area contributed by atoms with Crippen LogP contribution in [-0.2, 0) is 28.1 Å². The van der Waals surface area contributed by atoms with Crippen LogP contribution in [0, 0.1) is 0 Å². The summed E-state index contributed by atoms with van der Waals surface area (Å²) in [6.07, 6.45) is 5.56. The van der Waals surface area contributed by atoms with Crippen LogP contribution in [0.3, 0.4) is 0 Å². The van der Waals surface area contributed by atoms with Crippen LogP contribution in [0.2, 0.25) is 0 Å². The number of aryl methyl sites for hydroxylation is 1. The van der Waals surface area contributed by atoms with Gasteiger partial charge in [-0.05, 0) is 26.2 Å². The average molecular weight is 285 g/mol. The molecular weight excluding hydrogens is 266 g/mol. The molecule has 0 fully saturated rings. The maximum atomic E-state index is 12.0. The summed E-state index contributed by atoms with van der Waals surface area (Å²) < 4.78 is 24.6. The number of aromatic nitrogens is 2. The van der Waals surface area contributed by atoms with E-state index in [1.54, 1.807) is 6.20 Å².